The van der Waals surface area contributed by atoms with Gasteiger partial charge >= 0.3 is 0 Å². The van der Waals surface area contributed by atoms with Crippen molar-refractivity contribution in [3.8, 4) is 17.4 Å². The predicted molar refractivity (Wildman–Crippen MR) is 131 cm³/mol. The molecule has 2 aromatic carbocycles. The number of aromatic nitrogens is 2. The van der Waals surface area contributed by atoms with E-state index in [0.717, 1.165) is 25.2 Å². The van der Waals surface area contributed by atoms with Gasteiger partial charge in [-0.25, -0.2) is 4.98 Å². The van der Waals surface area contributed by atoms with Crippen molar-refractivity contribution >= 4 is 28.9 Å². The van der Waals surface area contributed by atoms with Gasteiger partial charge in [0.15, 0.2) is 5.75 Å². The SMILES string of the molecule is C=CC(=O)Nc1cccc(Oc2nc(Nc3ccc4c(c3)CCN4CCOC)ncc2OC)c1. The summed E-state index contributed by atoms with van der Waals surface area (Å²) in [4.78, 5) is 22.7. The normalized spacial score (nSPS) is 12.1. The Kier molecular flexibility index (Phi) is 7.24. The summed E-state index contributed by atoms with van der Waals surface area (Å²) in [6.45, 7) is 6.01. The number of nitrogens with one attached hydrogen (secondary N) is 2. The average molecular weight is 462 g/mol. The molecule has 1 amide bonds. The van der Waals surface area contributed by atoms with Crippen LogP contribution in [-0.4, -0.2) is 49.8 Å². The smallest absolute Gasteiger partial charge is 0.267 e. The van der Waals surface area contributed by atoms with E-state index in [0.29, 0.717) is 29.7 Å². The molecule has 1 aromatic heterocycles. The molecule has 4 rings (SSSR count). The molecule has 3 aromatic rings. The number of ether oxygens (including phenoxy) is 3. The van der Waals surface area contributed by atoms with E-state index in [1.54, 1.807) is 37.6 Å². The van der Waals surface area contributed by atoms with Gasteiger partial charge in [-0.05, 0) is 48.4 Å². The molecule has 1 aliphatic rings. The average Bonchev–Trinajstić information content (AvgIpc) is 3.25. The van der Waals surface area contributed by atoms with Crippen LogP contribution >= 0.6 is 0 Å². The molecule has 0 bridgehead atoms. The summed E-state index contributed by atoms with van der Waals surface area (Å²) >= 11 is 0. The molecule has 9 nitrogen and oxygen atoms in total. The first-order valence-corrected chi connectivity index (χ1v) is 10.9. The van der Waals surface area contributed by atoms with Crippen LogP contribution < -0.4 is 25.0 Å². The van der Waals surface area contributed by atoms with Crippen molar-refractivity contribution in [2.24, 2.45) is 0 Å². The van der Waals surface area contributed by atoms with E-state index < -0.39 is 0 Å². The first-order chi connectivity index (χ1) is 16.6. The van der Waals surface area contributed by atoms with Crippen molar-refractivity contribution in [3.63, 3.8) is 0 Å². The van der Waals surface area contributed by atoms with Gasteiger partial charge < -0.3 is 29.7 Å². The van der Waals surface area contributed by atoms with Crippen LogP contribution in [0.3, 0.4) is 0 Å². The molecule has 9 heteroatoms. The van der Waals surface area contributed by atoms with Crippen LogP contribution in [0.4, 0.5) is 23.0 Å². The molecule has 0 fully saturated rings. The van der Waals surface area contributed by atoms with Gasteiger partial charge in [0.2, 0.25) is 11.9 Å². The molecule has 34 heavy (non-hydrogen) atoms. The van der Waals surface area contributed by atoms with Crippen LogP contribution in [0.25, 0.3) is 0 Å². The Bertz CT molecular complexity index is 1180. The Labute approximate surface area is 198 Å². The Morgan fingerprint density at radius 1 is 1.21 bits per heavy atom. The fourth-order valence-corrected chi connectivity index (χ4v) is 3.68. The fraction of sp³-hybridized carbons (Fsp3) is 0.240. The molecule has 0 saturated carbocycles. The van der Waals surface area contributed by atoms with E-state index in [2.05, 4.69) is 44.2 Å². The molecule has 2 heterocycles. The predicted octanol–water partition coefficient (Wildman–Crippen LogP) is 4.15. The van der Waals surface area contributed by atoms with Gasteiger partial charge in [0.25, 0.3) is 5.88 Å². The van der Waals surface area contributed by atoms with E-state index in [4.69, 9.17) is 14.2 Å². The zero-order valence-corrected chi connectivity index (χ0v) is 19.2. The number of hydrogen-bond donors (Lipinski definition) is 2. The second-order valence-corrected chi connectivity index (χ2v) is 7.59. The number of carbonyl (C=O) groups excluding carboxylic acids is 1. The molecule has 176 valence electrons. The van der Waals surface area contributed by atoms with Crippen molar-refractivity contribution in [2.75, 3.05) is 49.4 Å². The Morgan fingerprint density at radius 3 is 2.88 bits per heavy atom. The highest BCUT2D eigenvalue weighted by Crippen LogP contribution is 2.33. The van der Waals surface area contributed by atoms with Gasteiger partial charge in [0.05, 0.1) is 19.9 Å². The molecule has 0 saturated heterocycles. The Balaban J connectivity index is 1.51. The molecule has 0 radical (unpaired) electrons. The molecule has 0 unspecified atom stereocenters. The minimum atomic E-state index is -0.306. The number of hydrogen-bond acceptors (Lipinski definition) is 8. The molecular formula is C25H27N5O4. The van der Waals surface area contributed by atoms with Crippen LogP contribution in [0.2, 0.25) is 0 Å². The van der Waals surface area contributed by atoms with Gasteiger partial charge in [-0.3, -0.25) is 4.79 Å². The number of nitrogens with zero attached hydrogens (tertiary/aromatic N) is 3. The maximum Gasteiger partial charge on any atom is 0.267 e. The third-order valence-corrected chi connectivity index (χ3v) is 5.34. The fourth-order valence-electron chi connectivity index (χ4n) is 3.68. The van der Waals surface area contributed by atoms with Crippen LogP contribution in [0.5, 0.6) is 17.4 Å². The minimum Gasteiger partial charge on any atom is -0.490 e. The highest BCUT2D eigenvalue weighted by Gasteiger charge is 2.19. The molecule has 0 spiro atoms. The van der Waals surface area contributed by atoms with Crippen molar-refractivity contribution in [1.82, 2.24) is 9.97 Å². The molecular weight excluding hydrogens is 434 g/mol. The van der Waals surface area contributed by atoms with Crippen LogP contribution in [0, 0.1) is 0 Å². The highest BCUT2D eigenvalue weighted by atomic mass is 16.5. The van der Waals surface area contributed by atoms with Gasteiger partial charge in [0, 0.05) is 43.3 Å². The summed E-state index contributed by atoms with van der Waals surface area (Å²) in [6.07, 6.45) is 3.73. The molecule has 0 atom stereocenters. The zero-order valence-electron chi connectivity index (χ0n) is 19.2. The topological polar surface area (TPSA) is 97.8 Å². The highest BCUT2D eigenvalue weighted by molar-refractivity contribution is 5.98. The van der Waals surface area contributed by atoms with Crippen LogP contribution in [-0.2, 0) is 16.0 Å². The Morgan fingerprint density at radius 2 is 2.09 bits per heavy atom. The number of amides is 1. The third-order valence-electron chi connectivity index (χ3n) is 5.34. The van der Waals surface area contributed by atoms with Gasteiger partial charge in [-0.15, -0.1) is 0 Å². The van der Waals surface area contributed by atoms with E-state index >= 15 is 0 Å². The van der Waals surface area contributed by atoms with Crippen molar-refractivity contribution in [1.29, 1.82) is 0 Å². The quantitative estimate of drug-likeness (QED) is 0.435. The first kappa shape index (κ1) is 23.1. The maximum atomic E-state index is 11.6. The maximum absolute atomic E-state index is 11.6. The summed E-state index contributed by atoms with van der Waals surface area (Å²) < 4.78 is 16.5. The number of benzene rings is 2. The standard InChI is InChI=1S/C25H27N5O4/c1-4-23(31)27-18-6-5-7-20(15-18)34-24-22(33-3)16-26-25(29-24)28-19-8-9-21-17(14-19)10-11-30(21)12-13-32-2/h4-9,14-16H,1,10-13H2,2-3H3,(H,27,31)(H,26,28,29). The van der Waals surface area contributed by atoms with Gasteiger partial charge in [-0.2, -0.15) is 4.98 Å². The number of fused-ring (bicyclic) bond motifs is 1. The summed E-state index contributed by atoms with van der Waals surface area (Å²) in [5.74, 6) is 1.19. The molecule has 2 N–H and O–H groups in total. The van der Waals surface area contributed by atoms with E-state index in [9.17, 15) is 4.79 Å². The van der Waals surface area contributed by atoms with Crippen molar-refractivity contribution in [2.45, 2.75) is 6.42 Å². The summed E-state index contributed by atoms with van der Waals surface area (Å²) in [7, 11) is 3.24. The summed E-state index contributed by atoms with van der Waals surface area (Å²) in [5.41, 5.74) is 3.96. The first-order valence-electron chi connectivity index (χ1n) is 10.9. The van der Waals surface area contributed by atoms with E-state index in [1.165, 1.54) is 24.4 Å². The minimum absolute atomic E-state index is 0.249. The number of carbonyl (C=O) groups is 1. The van der Waals surface area contributed by atoms with Gasteiger partial charge in [-0.1, -0.05) is 12.6 Å². The number of anilines is 4. The lowest BCUT2D eigenvalue weighted by molar-refractivity contribution is -0.111. The summed E-state index contributed by atoms with van der Waals surface area (Å²) in [5, 5.41) is 5.95. The van der Waals surface area contributed by atoms with Gasteiger partial charge in [0.1, 0.15) is 5.75 Å². The lowest BCUT2D eigenvalue weighted by atomic mass is 10.1. The molecule has 1 aliphatic heterocycles. The number of rotatable bonds is 10. The second-order valence-electron chi connectivity index (χ2n) is 7.59. The monoisotopic (exact) mass is 461 g/mol. The number of methoxy groups -OCH3 is 2. The third kappa shape index (κ3) is 5.44. The Hall–Kier alpha value is -4.11. The van der Waals surface area contributed by atoms with Crippen molar-refractivity contribution in [3.05, 3.63) is 66.9 Å². The van der Waals surface area contributed by atoms with Crippen LogP contribution in [0.1, 0.15) is 5.56 Å². The lowest BCUT2D eigenvalue weighted by Crippen LogP contribution is -2.24. The lowest BCUT2D eigenvalue weighted by Gasteiger charge is -2.19. The van der Waals surface area contributed by atoms with Crippen molar-refractivity contribution < 1.29 is 19.0 Å². The largest absolute Gasteiger partial charge is 0.490 e. The molecule has 0 aliphatic carbocycles. The zero-order chi connectivity index (χ0) is 23.9. The van der Waals surface area contributed by atoms with E-state index in [1.807, 2.05) is 6.07 Å². The van der Waals surface area contributed by atoms with E-state index in [-0.39, 0.29) is 11.8 Å². The summed E-state index contributed by atoms with van der Waals surface area (Å²) in [6, 6.07) is 13.2. The van der Waals surface area contributed by atoms with Crippen LogP contribution in [0.15, 0.2) is 61.3 Å². The second kappa shape index (κ2) is 10.7.